The molecular formula is C28H31N5O4. The summed E-state index contributed by atoms with van der Waals surface area (Å²) in [5, 5.41) is 8.74. The monoisotopic (exact) mass is 501 g/mol. The van der Waals surface area contributed by atoms with Gasteiger partial charge in [-0.1, -0.05) is 41.6 Å². The summed E-state index contributed by atoms with van der Waals surface area (Å²) in [5.41, 5.74) is 2.80. The lowest BCUT2D eigenvalue weighted by Crippen LogP contribution is -2.37. The number of ether oxygens (including phenoxy) is 2. The molecule has 9 nitrogen and oxygen atoms in total. The zero-order valence-corrected chi connectivity index (χ0v) is 21.4. The van der Waals surface area contributed by atoms with Crippen LogP contribution < -0.4 is 9.47 Å². The van der Waals surface area contributed by atoms with E-state index in [1.165, 1.54) is 0 Å². The number of aryl methyl sites for hydroxylation is 2. The number of methoxy groups -OCH3 is 1. The fourth-order valence-electron chi connectivity index (χ4n) is 4.65. The van der Waals surface area contributed by atoms with Gasteiger partial charge in [-0.25, -0.2) is 9.67 Å². The highest BCUT2D eigenvalue weighted by Gasteiger charge is 2.28. The number of carbonyl (C=O) groups is 1. The predicted octanol–water partition coefficient (Wildman–Crippen LogP) is 4.41. The van der Waals surface area contributed by atoms with Crippen molar-refractivity contribution in [3.63, 3.8) is 0 Å². The van der Waals surface area contributed by atoms with Gasteiger partial charge in [0.15, 0.2) is 17.3 Å². The third kappa shape index (κ3) is 5.50. The fourth-order valence-corrected chi connectivity index (χ4v) is 4.65. The van der Waals surface area contributed by atoms with Crippen molar-refractivity contribution in [2.45, 2.75) is 45.7 Å². The number of fused-ring (bicyclic) bond motifs is 3. The summed E-state index contributed by atoms with van der Waals surface area (Å²) < 4.78 is 18.8. The Morgan fingerprint density at radius 2 is 1.97 bits per heavy atom. The molecule has 1 amide bonds. The lowest BCUT2D eigenvalue weighted by molar-refractivity contribution is -0.133. The van der Waals surface area contributed by atoms with Gasteiger partial charge in [-0.3, -0.25) is 4.79 Å². The molecule has 2 aromatic carbocycles. The molecule has 0 saturated heterocycles. The minimum Gasteiger partial charge on any atom is -0.493 e. The van der Waals surface area contributed by atoms with Crippen LogP contribution in [0.25, 0.3) is 11.4 Å². The molecule has 4 aromatic rings. The Balaban J connectivity index is 1.50. The maximum Gasteiger partial charge on any atom is 0.230 e. The van der Waals surface area contributed by atoms with Gasteiger partial charge in [0, 0.05) is 18.2 Å². The molecule has 3 heterocycles. The average molecular weight is 502 g/mol. The smallest absolute Gasteiger partial charge is 0.230 e. The fraction of sp³-hybridized carbons (Fsp3) is 0.357. The molecule has 2 bridgehead atoms. The molecule has 0 fully saturated rings. The summed E-state index contributed by atoms with van der Waals surface area (Å²) in [6, 6.07) is 17.3. The first-order valence-corrected chi connectivity index (χ1v) is 12.5. The van der Waals surface area contributed by atoms with E-state index >= 15 is 0 Å². The summed E-state index contributed by atoms with van der Waals surface area (Å²) in [6.07, 6.45) is 1.71. The van der Waals surface area contributed by atoms with Crippen molar-refractivity contribution in [1.29, 1.82) is 0 Å². The van der Waals surface area contributed by atoms with Gasteiger partial charge in [0.05, 0.1) is 31.8 Å². The van der Waals surface area contributed by atoms with Crippen molar-refractivity contribution >= 4 is 5.91 Å². The minimum absolute atomic E-state index is 0.0407. The number of benzene rings is 2. The highest BCUT2D eigenvalue weighted by molar-refractivity contribution is 5.78. The van der Waals surface area contributed by atoms with Crippen LogP contribution in [-0.4, -0.2) is 51.0 Å². The second-order valence-corrected chi connectivity index (χ2v) is 9.19. The molecule has 9 heteroatoms. The Kier molecular flexibility index (Phi) is 7.20. The topological polar surface area (TPSA) is 95.5 Å². The predicted molar refractivity (Wildman–Crippen MR) is 137 cm³/mol. The van der Waals surface area contributed by atoms with Crippen LogP contribution in [0, 0.1) is 6.92 Å². The molecule has 1 atom stereocenters. The first kappa shape index (κ1) is 24.5. The number of hydrogen-bond donors (Lipinski definition) is 0. The second-order valence-electron chi connectivity index (χ2n) is 9.19. The Morgan fingerprint density at radius 3 is 2.73 bits per heavy atom. The van der Waals surface area contributed by atoms with Crippen molar-refractivity contribution in [3.8, 4) is 22.9 Å². The molecule has 0 radical (unpaired) electrons. The van der Waals surface area contributed by atoms with E-state index < -0.39 is 0 Å². The lowest BCUT2D eigenvalue weighted by Gasteiger charge is -2.28. The van der Waals surface area contributed by atoms with E-state index in [9.17, 15) is 4.79 Å². The van der Waals surface area contributed by atoms with Gasteiger partial charge < -0.3 is 18.9 Å². The first-order chi connectivity index (χ1) is 18.0. The van der Waals surface area contributed by atoms with Crippen LogP contribution in [0.5, 0.6) is 11.5 Å². The molecule has 0 spiro atoms. The summed E-state index contributed by atoms with van der Waals surface area (Å²) in [5.74, 6) is 3.23. The number of carbonyl (C=O) groups excluding carboxylic acids is 1. The van der Waals surface area contributed by atoms with Crippen molar-refractivity contribution in [3.05, 3.63) is 77.4 Å². The molecule has 2 aromatic heterocycles. The summed E-state index contributed by atoms with van der Waals surface area (Å²) in [4.78, 5) is 20.3. The second kappa shape index (κ2) is 10.9. The third-order valence-electron chi connectivity index (χ3n) is 6.55. The molecule has 1 aliphatic rings. The summed E-state index contributed by atoms with van der Waals surface area (Å²) in [7, 11) is 1.64. The van der Waals surface area contributed by atoms with E-state index in [1.807, 2.05) is 72.0 Å². The van der Waals surface area contributed by atoms with Crippen LogP contribution in [0.1, 0.15) is 42.2 Å². The van der Waals surface area contributed by atoms with Crippen molar-refractivity contribution < 1.29 is 18.8 Å². The van der Waals surface area contributed by atoms with Gasteiger partial charge in [0.25, 0.3) is 0 Å². The number of amides is 1. The van der Waals surface area contributed by atoms with Crippen LogP contribution in [0.4, 0.5) is 0 Å². The number of rotatable bonds is 4. The Hall–Kier alpha value is -4.14. The van der Waals surface area contributed by atoms with Crippen LogP contribution in [0.3, 0.4) is 0 Å². The zero-order chi connectivity index (χ0) is 25.8. The van der Waals surface area contributed by atoms with Crippen LogP contribution in [-0.2, 0) is 24.2 Å². The average Bonchev–Trinajstić information content (AvgIpc) is 3.52. The van der Waals surface area contributed by atoms with E-state index in [0.717, 1.165) is 29.7 Å². The molecule has 5 rings (SSSR count). The number of nitrogens with zero attached hydrogens (tertiary/aromatic N) is 5. The van der Waals surface area contributed by atoms with Crippen LogP contribution >= 0.6 is 0 Å². The number of aromatic nitrogens is 4. The van der Waals surface area contributed by atoms with E-state index in [-0.39, 0.29) is 18.4 Å². The van der Waals surface area contributed by atoms with Gasteiger partial charge in [-0.05, 0) is 44.4 Å². The Labute approximate surface area is 216 Å². The summed E-state index contributed by atoms with van der Waals surface area (Å²) in [6.45, 7) is 5.25. The SMILES string of the molecule is COc1ccc2cc1OCCn1nc(-c3ccccc3)nc1[C@@H](C)N(C(=O)Cc1cc(C)no1)CCC2. The highest BCUT2D eigenvalue weighted by atomic mass is 16.5. The van der Waals surface area contributed by atoms with Crippen LogP contribution in [0.15, 0.2) is 59.1 Å². The van der Waals surface area contributed by atoms with Crippen molar-refractivity contribution in [2.24, 2.45) is 0 Å². The van der Waals surface area contributed by atoms with Gasteiger partial charge >= 0.3 is 0 Å². The lowest BCUT2D eigenvalue weighted by atomic mass is 10.1. The molecule has 0 saturated carbocycles. The van der Waals surface area contributed by atoms with E-state index in [2.05, 4.69) is 5.16 Å². The Bertz CT molecular complexity index is 1360. The zero-order valence-electron chi connectivity index (χ0n) is 21.4. The maximum atomic E-state index is 13.6. The van der Waals surface area contributed by atoms with Gasteiger partial charge in [0.2, 0.25) is 5.91 Å². The molecule has 1 aliphatic heterocycles. The molecule has 0 unspecified atom stereocenters. The molecule has 37 heavy (non-hydrogen) atoms. The van der Waals surface area contributed by atoms with Gasteiger partial charge in [-0.2, -0.15) is 5.10 Å². The van der Waals surface area contributed by atoms with Gasteiger partial charge in [0.1, 0.15) is 18.2 Å². The molecular weight excluding hydrogens is 470 g/mol. The van der Waals surface area contributed by atoms with Gasteiger partial charge in [-0.15, -0.1) is 0 Å². The maximum absolute atomic E-state index is 13.6. The van der Waals surface area contributed by atoms with Crippen molar-refractivity contribution in [1.82, 2.24) is 24.8 Å². The van der Waals surface area contributed by atoms with E-state index in [4.69, 9.17) is 24.1 Å². The molecule has 192 valence electrons. The largest absolute Gasteiger partial charge is 0.493 e. The highest BCUT2D eigenvalue weighted by Crippen LogP contribution is 2.30. The number of hydrogen-bond acceptors (Lipinski definition) is 7. The first-order valence-electron chi connectivity index (χ1n) is 12.5. The third-order valence-corrected chi connectivity index (χ3v) is 6.55. The summed E-state index contributed by atoms with van der Waals surface area (Å²) >= 11 is 0. The normalized spacial score (nSPS) is 16.1. The van der Waals surface area contributed by atoms with E-state index in [0.29, 0.717) is 48.6 Å². The quantitative estimate of drug-likeness (QED) is 0.409. The van der Waals surface area contributed by atoms with Crippen molar-refractivity contribution in [2.75, 3.05) is 20.3 Å². The Morgan fingerprint density at radius 1 is 1.14 bits per heavy atom. The van der Waals surface area contributed by atoms with E-state index in [1.54, 1.807) is 13.2 Å². The standard InChI is InChI=1S/C28H31N5O4/c1-19-16-23(37-31-19)18-26(34)32-13-7-8-21-11-12-24(35-3)25(17-21)36-15-14-33-28(20(32)2)29-27(30-33)22-9-5-4-6-10-22/h4-6,9-12,16-17,20H,7-8,13-15,18H2,1-3H3/t20-/m1/s1. The molecule has 0 aliphatic carbocycles. The molecule has 0 N–H and O–H groups in total. The minimum atomic E-state index is -0.306. The van der Waals surface area contributed by atoms with Crippen LogP contribution in [0.2, 0.25) is 0 Å².